The molecule has 6 heteroatoms. The van der Waals surface area contributed by atoms with Crippen LogP contribution in [0.5, 0.6) is 0 Å². The van der Waals surface area contributed by atoms with Crippen LogP contribution in [0.2, 0.25) is 0 Å². The van der Waals surface area contributed by atoms with Crippen molar-refractivity contribution >= 4 is 35.1 Å². The smallest absolute Gasteiger partial charge is 0.335 e. The van der Waals surface area contributed by atoms with Crippen molar-refractivity contribution < 1.29 is 14.7 Å². The highest BCUT2D eigenvalue weighted by molar-refractivity contribution is 6.44. The lowest BCUT2D eigenvalue weighted by atomic mass is 10.1. The van der Waals surface area contributed by atoms with Gasteiger partial charge in [0, 0.05) is 12.1 Å². The normalized spacial score (nSPS) is 10.2. The highest BCUT2D eigenvalue weighted by atomic mass is 35.5. The number of hydrogen-bond donors (Lipinski definition) is 2. The van der Waals surface area contributed by atoms with Gasteiger partial charge in [-0.3, -0.25) is 4.79 Å². The number of carboxylic acid groups (broad SMARTS) is 1. The number of nitrogens with one attached hydrogen (secondary N) is 1. The van der Waals surface area contributed by atoms with Crippen molar-refractivity contribution in [3.8, 4) is 0 Å². The topological polar surface area (TPSA) is 66.4 Å². The van der Waals surface area contributed by atoms with E-state index in [2.05, 4.69) is 5.32 Å². The molecule has 2 N–H and O–H groups in total. The minimum absolute atomic E-state index is 0.129. The predicted molar refractivity (Wildman–Crippen MR) is 61.2 cm³/mol. The van der Waals surface area contributed by atoms with E-state index in [0.29, 0.717) is 5.56 Å². The molecule has 1 rings (SSSR count). The number of amides is 1. The number of aromatic carboxylic acids is 1. The Morgan fingerprint density at radius 2 is 1.69 bits per heavy atom. The maximum absolute atomic E-state index is 11.5. The predicted octanol–water partition coefficient (Wildman–Crippen LogP) is 1.92. The Kier molecular flexibility index (Phi) is 4.58. The fourth-order valence-corrected chi connectivity index (χ4v) is 1.19. The summed E-state index contributed by atoms with van der Waals surface area (Å²) in [6.45, 7) is 0.141. The van der Waals surface area contributed by atoms with Crippen molar-refractivity contribution in [3.63, 3.8) is 0 Å². The van der Waals surface area contributed by atoms with E-state index in [1.807, 2.05) is 0 Å². The van der Waals surface area contributed by atoms with Crippen LogP contribution in [0, 0.1) is 0 Å². The lowest BCUT2D eigenvalue weighted by molar-refractivity contribution is 0.0696. The van der Waals surface area contributed by atoms with Crippen molar-refractivity contribution in [1.29, 1.82) is 0 Å². The first kappa shape index (κ1) is 12.8. The SMILES string of the molecule is O=C(O)c1ccc(C(=O)NCC(Cl)Cl)cc1. The summed E-state index contributed by atoms with van der Waals surface area (Å²) in [5.41, 5.74) is 0.489. The second-order valence-electron chi connectivity index (χ2n) is 2.98. The van der Waals surface area contributed by atoms with Gasteiger partial charge in [0.05, 0.1) is 5.56 Å². The molecule has 0 aliphatic rings. The molecule has 0 atom stereocenters. The fraction of sp³-hybridized carbons (Fsp3) is 0.200. The molecule has 16 heavy (non-hydrogen) atoms. The summed E-state index contributed by atoms with van der Waals surface area (Å²) >= 11 is 10.9. The Hall–Kier alpha value is -1.26. The number of carboxylic acids is 1. The zero-order valence-corrected chi connectivity index (χ0v) is 9.63. The van der Waals surface area contributed by atoms with Gasteiger partial charge in [0.1, 0.15) is 4.84 Å². The molecule has 0 aromatic heterocycles. The Balaban J connectivity index is 2.67. The quantitative estimate of drug-likeness (QED) is 0.814. The summed E-state index contributed by atoms with van der Waals surface area (Å²) in [6, 6.07) is 5.57. The maximum Gasteiger partial charge on any atom is 0.335 e. The number of carbonyl (C=O) groups excluding carboxylic acids is 1. The zero-order chi connectivity index (χ0) is 12.1. The number of hydrogen-bond acceptors (Lipinski definition) is 2. The van der Waals surface area contributed by atoms with Crippen LogP contribution in [0.4, 0.5) is 0 Å². The van der Waals surface area contributed by atoms with Crippen LogP contribution in [-0.4, -0.2) is 28.4 Å². The summed E-state index contributed by atoms with van der Waals surface area (Å²) in [5.74, 6) is -1.38. The van der Waals surface area contributed by atoms with E-state index in [4.69, 9.17) is 28.3 Å². The second-order valence-corrected chi connectivity index (χ2v) is 4.26. The van der Waals surface area contributed by atoms with Crippen LogP contribution in [0.25, 0.3) is 0 Å². The average molecular weight is 262 g/mol. The van der Waals surface area contributed by atoms with Gasteiger partial charge in [-0.15, -0.1) is 23.2 Å². The van der Waals surface area contributed by atoms with Crippen molar-refractivity contribution in [2.45, 2.75) is 4.84 Å². The van der Waals surface area contributed by atoms with Crippen molar-refractivity contribution in [1.82, 2.24) is 5.32 Å². The molecule has 0 fully saturated rings. The van der Waals surface area contributed by atoms with E-state index in [1.165, 1.54) is 24.3 Å². The van der Waals surface area contributed by atoms with E-state index < -0.39 is 10.8 Å². The third-order valence-electron chi connectivity index (χ3n) is 1.81. The molecule has 0 aliphatic carbocycles. The molecule has 0 spiro atoms. The van der Waals surface area contributed by atoms with Gasteiger partial charge < -0.3 is 10.4 Å². The first-order chi connectivity index (χ1) is 7.50. The second kappa shape index (κ2) is 5.72. The monoisotopic (exact) mass is 261 g/mol. The third-order valence-corrected chi connectivity index (χ3v) is 2.12. The minimum atomic E-state index is -1.03. The molecular formula is C10H9Cl2NO3. The Bertz CT molecular complexity index is 390. The van der Waals surface area contributed by atoms with Crippen molar-refractivity contribution in [3.05, 3.63) is 35.4 Å². The van der Waals surface area contributed by atoms with Gasteiger partial charge in [0.25, 0.3) is 5.91 Å². The van der Waals surface area contributed by atoms with Gasteiger partial charge in [0.2, 0.25) is 0 Å². The highest BCUT2D eigenvalue weighted by Gasteiger charge is 2.08. The van der Waals surface area contributed by atoms with Gasteiger partial charge in [-0.25, -0.2) is 4.79 Å². The zero-order valence-electron chi connectivity index (χ0n) is 8.11. The summed E-state index contributed by atoms with van der Waals surface area (Å²) in [5, 5.41) is 11.2. The number of carbonyl (C=O) groups is 2. The molecular weight excluding hydrogens is 253 g/mol. The fourth-order valence-electron chi connectivity index (χ4n) is 1.04. The van der Waals surface area contributed by atoms with Crippen LogP contribution in [-0.2, 0) is 0 Å². The van der Waals surface area contributed by atoms with Crippen LogP contribution >= 0.6 is 23.2 Å². The standard InChI is InChI=1S/C10H9Cl2NO3/c11-8(12)5-13-9(14)6-1-3-7(4-2-6)10(15)16/h1-4,8H,5H2,(H,13,14)(H,15,16). The molecule has 1 amide bonds. The van der Waals surface area contributed by atoms with Gasteiger partial charge in [-0.05, 0) is 24.3 Å². The van der Waals surface area contributed by atoms with E-state index in [-0.39, 0.29) is 18.0 Å². The van der Waals surface area contributed by atoms with Crippen LogP contribution in [0.3, 0.4) is 0 Å². The first-order valence-electron chi connectivity index (χ1n) is 4.40. The average Bonchev–Trinajstić information content (AvgIpc) is 2.26. The van der Waals surface area contributed by atoms with Crippen LogP contribution < -0.4 is 5.32 Å². The number of halogens is 2. The largest absolute Gasteiger partial charge is 0.478 e. The molecule has 0 heterocycles. The highest BCUT2D eigenvalue weighted by Crippen LogP contribution is 2.05. The van der Waals surface area contributed by atoms with E-state index in [1.54, 1.807) is 0 Å². The molecule has 0 unspecified atom stereocenters. The summed E-state index contributed by atoms with van der Waals surface area (Å²) in [6.07, 6.45) is 0. The maximum atomic E-state index is 11.5. The Morgan fingerprint density at radius 1 is 1.19 bits per heavy atom. The number of benzene rings is 1. The minimum Gasteiger partial charge on any atom is -0.478 e. The van der Waals surface area contributed by atoms with Gasteiger partial charge >= 0.3 is 5.97 Å². The molecule has 0 bridgehead atoms. The Morgan fingerprint density at radius 3 is 2.12 bits per heavy atom. The van der Waals surface area contributed by atoms with Crippen molar-refractivity contribution in [2.75, 3.05) is 6.54 Å². The molecule has 0 aliphatic heterocycles. The molecule has 0 radical (unpaired) electrons. The summed E-state index contributed by atoms with van der Waals surface area (Å²) in [4.78, 5) is 21.4. The van der Waals surface area contributed by atoms with E-state index >= 15 is 0 Å². The van der Waals surface area contributed by atoms with Crippen LogP contribution in [0.1, 0.15) is 20.7 Å². The molecule has 86 valence electrons. The molecule has 4 nitrogen and oxygen atoms in total. The lowest BCUT2D eigenvalue weighted by Crippen LogP contribution is -2.27. The van der Waals surface area contributed by atoms with Crippen LogP contribution in [0.15, 0.2) is 24.3 Å². The summed E-state index contributed by atoms with van der Waals surface area (Å²) in [7, 11) is 0. The van der Waals surface area contributed by atoms with Crippen molar-refractivity contribution in [2.24, 2.45) is 0 Å². The van der Waals surface area contributed by atoms with Gasteiger partial charge in [-0.2, -0.15) is 0 Å². The lowest BCUT2D eigenvalue weighted by Gasteiger charge is -2.05. The Labute approximate surface area is 102 Å². The van der Waals surface area contributed by atoms with Gasteiger partial charge in [0.15, 0.2) is 0 Å². The first-order valence-corrected chi connectivity index (χ1v) is 5.27. The van der Waals surface area contributed by atoms with E-state index in [9.17, 15) is 9.59 Å². The van der Waals surface area contributed by atoms with E-state index in [0.717, 1.165) is 0 Å². The molecule has 1 aromatic rings. The molecule has 0 saturated heterocycles. The third kappa shape index (κ3) is 3.72. The summed E-state index contributed by atoms with van der Waals surface area (Å²) < 4.78 is 0. The number of rotatable bonds is 4. The van der Waals surface area contributed by atoms with Gasteiger partial charge in [-0.1, -0.05) is 0 Å². The molecule has 1 aromatic carbocycles. The number of alkyl halides is 2. The molecule has 0 saturated carbocycles.